The van der Waals surface area contributed by atoms with Gasteiger partial charge in [0.1, 0.15) is 0 Å². The van der Waals surface area contributed by atoms with Crippen molar-refractivity contribution in [1.82, 2.24) is 19.1 Å². The number of para-hydroxylation sites is 3. The highest BCUT2D eigenvalue weighted by molar-refractivity contribution is 6.18. The fraction of sp³-hybridized carbons (Fsp3) is 0.211. The molecular weight excluding hydrogens is 542 g/mol. The Morgan fingerprint density at radius 3 is 2.27 bits per heavy atom. The van der Waals surface area contributed by atoms with Crippen LogP contribution in [0, 0.1) is 0 Å². The van der Waals surface area contributed by atoms with Crippen molar-refractivity contribution < 1.29 is 0 Å². The Kier molecular flexibility index (Phi) is 5.76. The maximum atomic E-state index is 12.8. The standard InChI is InChI=1S/C38H33N5O/c44-38-40-30-12-5-7-15-33(30)43(38)28-20-23-41(24-21-28)27-18-16-25(17-19-27)34-35-29-11-4-6-14-32(29)42-22-8-13-31(37(35)42)39-36(34)26-9-2-1-3-10-26/h1-7,9-12,14-19,28H,8,13,20-24H2,(H,40,44). The molecule has 6 nitrogen and oxygen atoms in total. The van der Waals surface area contributed by atoms with Crippen molar-refractivity contribution in [2.75, 3.05) is 18.0 Å². The molecule has 9 rings (SSSR count). The first-order valence-corrected chi connectivity index (χ1v) is 15.8. The van der Waals surface area contributed by atoms with E-state index in [4.69, 9.17) is 4.98 Å². The summed E-state index contributed by atoms with van der Waals surface area (Å²) in [6.07, 6.45) is 3.99. The number of hydrogen-bond donors (Lipinski definition) is 1. The Hall–Kier alpha value is -5.10. The zero-order valence-corrected chi connectivity index (χ0v) is 24.5. The lowest BCUT2D eigenvalue weighted by molar-refractivity contribution is 0.396. The minimum Gasteiger partial charge on any atom is -0.371 e. The number of anilines is 1. The van der Waals surface area contributed by atoms with Crippen molar-refractivity contribution in [3.63, 3.8) is 0 Å². The van der Waals surface area contributed by atoms with Crippen LogP contribution < -0.4 is 10.6 Å². The highest BCUT2D eigenvalue weighted by atomic mass is 16.1. The highest BCUT2D eigenvalue weighted by Gasteiger charge is 2.27. The first kappa shape index (κ1) is 25.4. The van der Waals surface area contributed by atoms with Crippen LogP contribution in [0.2, 0.25) is 0 Å². The van der Waals surface area contributed by atoms with Crippen LogP contribution in [0.4, 0.5) is 5.69 Å². The summed E-state index contributed by atoms with van der Waals surface area (Å²) in [5, 5.41) is 2.63. The minimum absolute atomic E-state index is 0.00446. The Balaban J connectivity index is 1.10. The average molecular weight is 576 g/mol. The number of nitrogens with one attached hydrogen (secondary N) is 1. The number of rotatable bonds is 4. The van der Waals surface area contributed by atoms with Crippen molar-refractivity contribution >= 4 is 38.5 Å². The summed E-state index contributed by atoms with van der Waals surface area (Å²) in [7, 11) is 0. The lowest BCUT2D eigenvalue weighted by Crippen LogP contribution is -2.37. The van der Waals surface area contributed by atoms with Crippen LogP contribution in [0.3, 0.4) is 0 Å². The van der Waals surface area contributed by atoms with E-state index in [2.05, 4.69) is 93.3 Å². The van der Waals surface area contributed by atoms with Crippen molar-refractivity contribution in [2.45, 2.75) is 38.3 Å². The number of nitrogens with zero attached hydrogens (tertiary/aromatic N) is 4. The number of imidazole rings is 1. The van der Waals surface area contributed by atoms with Gasteiger partial charge in [0.15, 0.2) is 0 Å². The summed E-state index contributed by atoms with van der Waals surface area (Å²) in [5.41, 5.74) is 11.6. The Bertz CT molecular complexity index is 2230. The van der Waals surface area contributed by atoms with Gasteiger partial charge in [-0.25, -0.2) is 9.78 Å². The molecule has 1 saturated heterocycles. The number of aryl methyl sites for hydroxylation is 2. The quantitative estimate of drug-likeness (QED) is 0.232. The number of aromatic nitrogens is 4. The molecule has 0 atom stereocenters. The molecule has 0 amide bonds. The predicted molar refractivity (Wildman–Crippen MR) is 179 cm³/mol. The number of hydrogen-bond acceptors (Lipinski definition) is 3. The summed E-state index contributed by atoms with van der Waals surface area (Å²) in [6.45, 7) is 2.86. The number of fused-ring (bicyclic) bond motifs is 4. The molecule has 0 bridgehead atoms. The van der Waals surface area contributed by atoms with E-state index < -0.39 is 0 Å². The Labute approximate surface area is 255 Å². The zero-order chi connectivity index (χ0) is 29.2. The molecular formula is C38H33N5O. The maximum Gasteiger partial charge on any atom is 0.326 e. The topological polar surface area (TPSA) is 58.9 Å². The van der Waals surface area contributed by atoms with Crippen LogP contribution in [-0.2, 0) is 13.0 Å². The largest absolute Gasteiger partial charge is 0.371 e. The number of benzene rings is 4. The molecule has 1 fully saturated rings. The van der Waals surface area contributed by atoms with Gasteiger partial charge in [-0.2, -0.15) is 0 Å². The minimum atomic E-state index is -0.00446. The van der Waals surface area contributed by atoms with Crippen LogP contribution in [-0.4, -0.2) is 32.2 Å². The first-order valence-electron chi connectivity index (χ1n) is 15.8. The van der Waals surface area contributed by atoms with Gasteiger partial charge < -0.3 is 14.5 Å². The molecule has 5 heterocycles. The predicted octanol–water partition coefficient (Wildman–Crippen LogP) is 7.95. The van der Waals surface area contributed by atoms with Gasteiger partial charge in [0, 0.05) is 58.8 Å². The molecule has 6 heteroatoms. The lowest BCUT2D eigenvalue weighted by Gasteiger charge is -2.34. The average Bonchev–Trinajstić information content (AvgIpc) is 3.61. The van der Waals surface area contributed by atoms with Crippen LogP contribution >= 0.6 is 0 Å². The fourth-order valence-corrected chi connectivity index (χ4v) is 7.77. The molecule has 2 aliphatic rings. The summed E-state index contributed by atoms with van der Waals surface area (Å²) in [6, 6.07) is 36.8. The van der Waals surface area contributed by atoms with E-state index in [1.807, 2.05) is 28.8 Å². The molecule has 44 heavy (non-hydrogen) atoms. The maximum absolute atomic E-state index is 12.8. The van der Waals surface area contributed by atoms with Gasteiger partial charge in [0.2, 0.25) is 0 Å². The van der Waals surface area contributed by atoms with Gasteiger partial charge in [-0.3, -0.25) is 4.57 Å². The van der Waals surface area contributed by atoms with Crippen molar-refractivity contribution in [2.24, 2.45) is 0 Å². The van der Waals surface area contributed by atoms with Gasteiger partial charge in [0.25, 0.3) is 0 Å². The molecule has 0 radical (unpaired) electrons. The number of pyridine rings is 1. The number of H-pyrrole nitrogens is 1. The van der Waals surface area contributed by atoms with Crippen LogP contribution in [0.15, 0.2) is 108 Å². The summed E-state index contributed by atoms with van der Waals surface area (Å²) < 4.78 is 4.46. The van der Waals surface area contributed by atoms with Gasteiger partial charge >= 0.3 is 5.69 Å². The molecule has 0 saturated carbocycles. The molecule has 3 aromatic heterocycles. The van der Waals surface area contributed by atoms with Crippen molar-refractivity contribution in [1.29, 1.82) is 0 Å². The van der Waals surface area contributed by atoms with Gasteiger partial charge in [-0.1, -0.05) is 72.8 Å². The van der Waals surface area contributed by atoms with Crippen LogP contribution in [0.5, 0.6) is 0 Å². The number of aromatic amines is 1. The molecule has 1 N–H and O–H groups in total. The molecule has 0 aliphatic carbocycles. The van der Waals surface area contributed by atoms with Crippen molar-refractivity contribution in [3.05, 3.63) is 119 Å². The SMILES string of the molecule is O=c1[nH]c2ccccc2n1C1CCN(c2ccc(-c3c(-c4ccccc4)nc4c5c3c3ccccc3n5CCC4)cc2)CC1. The Morgan fingerprint density at radius 1 is 0.727 bits per heavy atom. The van der Waals surface area contributed by atoms with Gasteiger partial charge in [-0.05, 0) is 61.6 Å². The van der Waals surface area contributed by atoms with Crippen LogP contribution in [0.25, 0.3) is 55.2 Å². The third-order valence-corrected chi connectivity index (χ3v) is 9.80. The summed E-state index contributed by atoms with van der Waals surface area (Å²) >= 11 is 0. The molecule has 216 valence electrons. The zero-order valence-electron chi connectivity index (χ0n) is 24.5. The van der Waals surface area contributed by atoms with E-state index in [0.29, 0.717) is 0 Å². The second-order valence-corrected chi connectivity index (χ2v) is 12.2. The lowest BCUT2D eigenvalue weighted by atomic mass is 9.92. The molecule has 7 aromatic rings. The number of piperidine rings is 1. The van der Waals surface area contributed by atoms with Crippen molar-refractivity contribution in [3.8, 4) is 22.4 Å². The Morgan fingerprint density at radius 2 is 1.45 bits per heavy atom. The van der Waals surface area contributed by atoms with E-state index >= 15 is 0 Å². The highest BCUT2D eigenvalue weighted by Crippen LogP contribution is 2.44. The van der Waals surface area contributed by atoms with E-state index in [-0.39, 0.29) is 11.7 Å². The van der Waals surface area contributed by atoms with Gasteiger partial charge in [0.05, 0.1) is 27.9 Å². The molecule has 0 spiro atoms. The van der Waals surface area contributed by atoms with Crippen LogP contribution in [0.1, 0.15) is 31.0 Å². The summed E-state index contributed by atoms with van der Waals surface area (Å²) in [4.78, 5) is 23.7. The molecule has 4 aromatic carbocycles. The smallest absolute Gasteiger partial charge is 0.326 e. The molecule has 2 aliphatic heterocycles. The van der Waals surface area contributed by atoms with E-state index in [1.165, 1.54) is 44.3 Å². The monoisotopic (exact) mass is 575 g/mol. The van der Waals surface area contributed by atoms with E-state index in [1.54, 1.807) is 0 Å². The van der Waals surface area contributed by atoms with Gasteiger partial charge in [-0.15, -0.1) is 0 Å². The molecule has 0 unspecified atom stereocenters. The van der Waals surface area contributed by atoms with E-state index in [9.17, 15) is 4.79 Å². The third kappa shape index (κ3) is 3.87. The fourth-order valence-electron chi connectivity index (χ4n) is 7.77. The van der Waals surface area contributed by atoms with E-state index in [0.717, 1.165) is 67.6 Å². The third-order valence-electron chi connectivity index (χ3n) is 9.80. The normalized spacial score (nSPS) is 15.5. The second kappa shape index (κ2) is 9.98. The summed E-state index contributed by atoms with van der Waals surface area (Å²) in [5.74, 6) is 0. The second-order valence-electron chi connectivity index (χ2n) is 12.2. The first-order chi connectivity index (χ1) is 21.7.